The average molecular weight is 328 g/mol. The Kier molecular flexibility index (Phi) is 4.42. The van der Waals surface area contributed by atoms with Gasteiger partial charge in [-0.2, -0.15) is 0 Å². The van der Waals surface area contributed by atoms with E-state index in [1.54, 1.807) is 11.3 Å². The lowest BCUT2D eigenvalue weighted by Gasteiger charge is -2.16. The van der Waals surface area contributed by atoms with Crippen LogP contribution >= 0.6 is 43.2 Å². The molecule has 0 aliphatic heterocycles. The standard InChI is InChI=1S/C9H12Br2OS/c1-3-5(2)8(12)6-4-7(10)13-9(6)11/h4-5,8,12H,3H2,1-2H3. The number of halogens is 2. The van der Waals surface area contributed by atoms with Crippen LogP contribution in [0.1, 0.15) is 31.9 Å². The summed E-state index contributed by atoms with van der Waals surface area (Å²) >= 11 is 8.44. The molecule has 0 radical (unpaired) electrons. The van der Waals surface area contributed by atoms with Crippen LogP contribution in [-0.2, 0) is 0 Å². The van der Waals surface area contributed by atoms with Crippen molar-refractivity contribution in [2.45, 2.75) is 26.4 Å². The van der Waals surface area contributed by atoms with Crippen molar-refractivity contribution in [2.75, 3.05) is 0 Å². The third kappa shape index (κ3) is 2.78. The van der Waals surface area contributed by atoms with Crippen LogP contribution in [0.4, 0.5) is 0 Å². The molecule has 0 saturated heterocycles. The van der Waals surface area contributed by atoms with Crippen molar-refractivity contribution in [3.8, 4) is 0 Å². The minimum atomic E-state index is -0.359. The summed E-state index contributed by atoms with van der Waals surface area (Å²) in [6.07, 6.45) is 0.628. The van der Waals surface area contributed by atoms with Crippen molar-refractivity contribution < 1.29 is 5.11 Å². The molecule has 2 atom stereocenters. The fraction of sp³-hybridized carbons (Fsp3) is 0.556. The molecule has 1 N–H and O–H groups in total. The van der Waals surface area contributed by atoms with Gasteiger partial charge in [0.25, 0.3) is 0 Å². The molecule has 13 heavy (non-hydrogen) atoms. The predicted molar refractivity (Wildman–Crippen MR) is 64.1 cm³/mol. The Morgan fingerprint density at radius 2 is 2.15 bits per heavy atom. The lowest BCUT2D eigenvalue weighted by atomic mass is 9.97. The Bertz CT molecular complexity index is 285. The summed E-state index contributed by atoms with van der Waals surface area (Å²) in [5.41, 5.74) is 0.992. The van der Waals surface area contributed by atoms with E-state index < -0.39 is 0 Å². The van der Waals surface area contributed by atoms with E-state index >= 15 is 0 Å². The van der Waals surface area contributed by atoms with Crippen LogP contribution in [0.2, 0.25) is 0 Å². The Balaban J connectivity index is 2.87. The molecule has 1 rings (SSSR count). The van der Waals surface area contributed by atoms with Gasteiger partial charge >= 0.3 is 0 Å². The molecule has 0 spiro atoms. The smallest absolute Gasteiger partial charge is 0.0835 e. The lowest BCUT2D eigenvalue weighted by molar-refractivity contribution is 0.115. The molecular formula is C9H12Br2OS. The average Bonchev–Trinajstić information content (AvgIpc) is 2.42. The molecule has 0 fully saturated rings. The maximum Gasteiger partial charge on any atom is 0.0835 e. The van der Waals surface area contributed by atoms with Crippen LogP contribution in [0, 0.1) is 5.92 Å². The van der Waals surface area contributed by atoms with E-state index in [2.05, 4.69) is 45.7 Å². The first kappa shape index (κ1) is 11.7. The van der Waals surface area contributed by atoms with Crippen molar-refractivity contribution in [1.82, 2.24) is 0 Å². The van der Waals surface area contributed by atoms with Crippen LogP contribution in [0.3, 0.4) is 0 Å². The number of aliphatic hydroxyl groups is 1. The number of hydrogen-bond donors (Lipinski definition) is 1. The lowest BCUT2D eigenvalue weighted by Crippen LogP contribution is -2.07. The van der Waals surface area contributed by atoms with Gasteiger partial charge in [-0.15, -0.1) is 11.3 Å². The van der Waals surface area contributed by atoms with Gasteiger partial charge in [0, 0.05) is 5.56 Å². The van der Waals surface area contributed by atoms with E-state index in [0.717, 1.165) is 19.6 Å². The van der Waals surface area contributed by atoms with Crippen molar-refractivity contribution in [3.63, 3.8) is 0 Å². The van der Waals surface area contributed by atoms with Crippen LogP contribution in [0.15, 0.2) is 13.6 Å². The molecule has 0 amide bonds. The molecule has 1 aromatic heterocycles. The van der Waals surface area contributed by atoms with Crippen LogP contribution in [0.5, 0.6) is 0 Å². The first-order valence-corrected chi connectivity index (χ1v) is 6.59. The van der Waals surface area contributed by atoms with Gasteiger partial charge in [-0.05, 0) is 43.8 Å². The summed E-state index contributed by atoms with van der Waals surface area (Å²) in [7, 11) is 0. The normalized spacial score (nSPS) is 15.8. The number of thiophene rings is 1. The molecule has 1 aromatic rings. The molecule has 0 aliphatic carbocycles. The molecule has 1 nitrogen and oxygen atoms in total. The van der Waals surface area contributed by atoms with E-state index in [4.69, 9.17) is 0 Å². The zero-order valence-corrected chi connectivity index (χ0v) is 11.5. The maximum atomic E-state index is 9.94. The van der Waals surface area contributed by atoms with Gasteiger partial charge < -0.3 is 5.11 Å². The second-order valence-corrected chi connectivity index (χ2v) is 6.86. The minimum absolute atomic E-state index is 0.304. The molecule has 0 aliphatic rings. The number of rotatable bonds is 3. The SMILES string of the molecule is CCC(C)C(O)c1cc(Br)sc1Br. The van der Waals surface area contributed by atoms with E-state index in [0.29, 0.717) is 5.92 Å². The molecule has 2 unspecified atom stereocenters. The molecule has 0 aromatic carbocycles. The summed E-state index contributed by atoms with van der Waals surface area (Å²) in [5.74, 6) is 0.304. The van der Waals surface area contributed by atoms with Gasteiger partial charge in [-0.25, -0.2) is 0 Å². The van der Waals surface area contributed by atoms with Gasteiger partial charge in [-0.1, -0.05) is 20.3 Å². The summed E-state index contributed by atoms with van der Waals surface area (Å²) in [6.45, 7) is 4.14. The third-order valence-electron chi connectivity index (χ3n) is 2.18. The molecule has 4 heteroatoms. The Morgan fingerprint density at radius 1 is 1.54 bits per heavy atom. The van der Waals surface area contributed by atoms with E-state index in [9.17, 15) is 5.11 Å². The molecule has 0 bridgehead atoms. The highest BCUT2D eigenvalue weighted by Crippen LogP contribution is 2.38. The third-order valence-corrected chi connectivity index (χ3v) is 4.57. The minimum Gasteiger partial charge on any atom is -0.388 e. The Morgan fingerprint density at radius 3 is 2.54 bits per heavy atom. The fourth-order valence-electron chi connectivity index (χ4n) is 1.08. The zero-order valence-electron chi connectivity index (χ0n) is 7.55. The summed E-state index contributed by atoms with van der Waals surface area (Å²) in [6, 6.07) is 1.98. The van der Waals surface area contributed by atoms with Gasteiger partial charge in [0.2, 0.25) is 0 Å². The quantitative estimate of drug-likeness (QED) is 0.874. The van der Waals surface area contributed by atoms with E-state index in [-0.39, 0.29) is 6.10 Å². The number of aliphatic hydroxyl groups excluding tert-OH is 1. The van der Waals surface area contributed by atoms with Crippen molar-refractivity contribution >= 4 is 43.2 Å². The maximum absolute atomic E-state index is 9.94. The van der Waals surface area contributed by atoms with Crippen LogP contribution < -0.4 is 0 Å². The number of hydrogen-bond acceptors (Lipinski definition) is 2. The predicted octanol–water partition coefficient (Wildman–Crippen LogP) is 4.35. The van der Waals surface area contributed by atoms with E-state index in [1.165, 1.54) is 0 Å². The second kappa shape index (κ2) is 4.91. The Hall–Kier alpha value is 0.620. The highest BCUT2D eigenvalue weighted by molar-refractivity contribution is 9.12. The zero-order chi connectivity index (χ0) is 10.0. The molecule has 0 saturated carbocycles. The van der Waals surface area contributed by atoms with Gasteiger partial charge in [0.15, 0.2) is 0 Å². The molecule has 1 heterocycles. The highest BCUT2D eigenvalue weighted by atomic mass is 79.9. The summed E-state index contributed by atoms with van der Waals surface area (Å²) in [4.78, 5) is 0. The molecular weight excluding hydrogens is 316 g/mol. The topological polar surface area (TPSA) is 20.2 Å². The monoisotopic (exact) mass is 326 g/mol. The fourth-order valence-corrected chi connectivity index (χ4v) is 4.00. The van der Waals surface area contributed by atoms with Crippen LogP contribution in [0.25, 0.3) is 0 Å². The van der Waals surface area contributed by atoms with Gasteiger partial charge in [-0.3, -0.25) is 0 Å². The van der Waals surface area contributed by atoms with Crippen molar-refractivity contribution in [2.24, 2.45) is 5.92 Å². The first-order valence-electron chi connectivity index (χ1n) is 4.19. The van der Waals surface area contributed by atoms with Gasteiger partial charge in [0.05, 0.1) is 13.7 Å². The van der Waals surface area contributed by atoms with Gasteiger partial charge in [0.1, 0.15) is 0 Å². The van der Waals surface area contributed by atoms with Crippen molar-refractivity contribution in [3.05, 3.63) is 19.2 Å². The van der Waals surface area contributed by atoms with Crippen LogP contribution in [-0.4, -0.2) is 5.11 Å². The summed E-state index contributed by atoms with van der Waals surface area (Å²) in [5, 5.41) is 9.94. The van der Waals surface area contributed by atoms with E-state index in [1.807, 2.05) is 6.07 Å². The first-order chi connectivity index (χ1) is 6.06. The Labute approximate surface area is 99.4 Å². The van der Waals surface area contributed by atoms with Crippen molar-refractivity contribution in [1.29, 1.82) is 0 Å². The molecule has 74 valence electrons. The largest absolute Gasteiger partial charge is 0.388 e. The second-order valence-electron chi connectivity index (χ2n) is 3.11. The highest BCUT2D eigenvalue weighted by Gasteiger charge is 2.19. The summed E-state index contributed by atoms with van der Waals surface area (Å²) < 4.78 is 2.07.